The molecule has 2 atom stereocenters. The minimum Gasteiger partial charge on any atom is -0.394 e. The van der Waals surface area contributed by atoms with Gasteiger partial charge in [-0.2, -0.15) is 0 Å². The second-order valence-corrected chi connectivity index (χ2v) is 7.65. The minimum atomic E-state index is -1.09. The van der Waals surface area contributed by atoms with Gasteiger partial charge < -0.3 is 19.7 Å². The van der Waals surface area contributed by atoms with Crippen LogP contribution >= 0.6 is 0 Å². The molecule has 3 aromatic rings. The lowest BCUT2D eigenvalue weighted by atomic mass is 10.1. The van der Waals surface area contributed by atoms with Crippen LogP contribution in [0.15, 0.2) is 53.6 Å². The standard InChI is InChI=1S/C23H24F2N4O3/c24-18-5-1-4-17(22(18)25)20(14-30)29-10-7-15(13-21(29)31)19-6-9-26-23(28-19)27-16-3-2-11-32-12-8-16/h1,4-7,9-10,13,16,20,30H,2-3,8,11-12,14H2,(H,26,27,28). The molecule has 2 aromatic heterocycles. The third-order valence-electron chi connectivity index (χ3n) is 5.53. The lowest BCUT2D eigenvalue weighted by molar-refractivity contribution is 0.144. The summed E-state index contributed by atoms with van der Waals surface area (Å²) in [5.41, 5.74) is 0.536. The van der Waals surface area contributed by atoms with Gasteiger partial charge in [-0.15, -0.1) is 0 Å². The molecule has 168 valence electrons. The zero-order chi connectivity index (χ0) is 22.5. The number of nitrogens with one attached hydrogen (secondary N) is 1. The summed E-state index contributed by atoms with van der Waals surface area (Å²) in [6.07, 6.45) is 5.85. The van der Waals surface area contributed by atoms with Crippen molar-refractivity contribution >= 4 is 5.95 Å². The second-order valence-electron chi connectivity index (χ2n) is 7.65. The molecule has 1 aromatic carbocycles. The highest BCUT2D eigenvalue weighted by Crippen LogP contribution is 2.23. The molecule has 2 unspecified atom stereocenters. The Morgan fingerprint density at radius 1 is 1.22 bits per heavy atom. The van der Waals surface area contributed by atoms with E-state index in [0.717, 1.165) is 31.9 Å². The Kier molecular flexibility index (Phi) is 6.87. The van der Waals surface area contributed by atoms with Crippen LogP contribution < -0.4 is 10.9 Å². The Balaban J connectivity index is 1.59. The maximum atomic E-state index is 14.2. The Morgan fingerprint density at radius 3 is 2.91 bits per heavy atom. The molecule has 1 aliphatic rings. The Hall–Kier alpha value is -3.17. The van der Waals surface area contributed by atoms with Crippen molar-refractivity contribution in [3.63, 3.8) is 0 Å². The number of rotatable bonds is 6. The van der Waals surface area contributed by atoms with E-state index >= 15 is 0 Å². The zero-order valence-corrected chi connectivity index (χ0v) is 17.4. The zero-order valence-electron chi connectivity index (χ0n) is 17.4. The molecule has 1 aliphatic heterocycles. The summed E-state index contributed by atoms with van der Waals surface area (Å²) < 4.78 is 34.5. The lowest BCUT2D eigenvalue weighted by Gasteiger charge is -2.19. The molecule has 9 heteroatoms. The number of benzene rings is 1. The number of nitrogens with zero attached hydrogens (tertiary/aromatic N) is 3. The molecule has 0 bridgehead atoms. The number of hydrogen-bond donors (Lipinski definition) is 2. The van der Waals surface area contributed by atoms with Crippen molar-refractivity contribution in [2.45, 2.75) is 31.3 Å². The molecule has 1 fully saturated rings. The van der Waals surface area contributed by atoms with Gasteiger partial charge >= 0.3 is 0 Å². The number of hydrogen-bond acceptors (Lipinski definition) is 6. The van der Waals surface area contributed by atoms with Crippen LogP contribution in [-0.4, -0.2) is 45.5 Å². The average Bonchev–Trinajstić information content (AvgIpc) is 3.07. The number of aliphatic hydroxyl groups excluding tert-OH is 1. The van der Waals surface area contributed by atoms with Crippen molar-refractivity contribution in [3.8, 4) is 11.3 Å². The molecule has 0 amide bonds. The van der Waals surface area contributed by atoms with E-state index < -0.39 is 29.8 Å². The molecule has 0 aliphatic carbocycles. The Morgan fingerprint density at radius 2 is 2.09 bits per heavy atom. The van der Waals surface area contributed by atoms with E-state index in [2.05, 4.69) is 15.3 Å². The first-order valence-electron chi connectivity index (χ1n) is 10.5. The summed E-state index contributed by atoms with van der Waals surface area (Å²) in [7, 11) is 0. The highest BCUT2D eigenvalue weighted by Gasteiger charge is 2.20. The molecule has 1 saturated heterocycles. The second kappa shape index (κ2) is 9.97. The average molecular weight is 442 g/mol. The third-order valence-corrected chi connectivity index (χ3v) is 5.53. The molecule has 0 saturated carbocycles. The van der Waals surface area contributed by atoms with Crippen molar-refractivity contribution in [2.24, 2.45) is 0 Å². The molecule has 0 radical (unpaired) electrons. The number of pyridine rings is 1. The largest absolute Gasteiger partial charge is 0.394 e. The van der Waals surface area contributed by atoms with Crippen LogP contribution in [0.2, 0.25) is 0 Å². The van der Waals surface area contributed by atoms with Crippen molar-refractivity contribution < 1.29 is 18.6 Å². The fourth-order valence-corrected chi connectivity index (χ4v) is 3.84. The SMILES string of the molecule is O=c1cc(-c2ccnc(NC3CCCOCC3)n2)ccn1C(CO)c1cccc(F)c1F. The highest BCUT2D eigenvalue weighted by atomic mass is 19.2. The van der Waals surface area contributed by atoms with Crippen LogP contribution in [0.4, 0.5) is 14.7 Å². The molecule has 0 spiro atoms. The maximum Gasteiger partial charge on any atom is 0.251 e. The first-order chi connectivity index (χ1) is 15.6. The van der Waals surface area contributed by atoms with Crippen molar-refractivity contribution in [1.82, 2.24) is 14.5 Å². The molecule has 3 heterocycles. The van der Waals surface area contributed by atoms with Gasteiger partial charge in [0, 0.05) is 48.8 Å². The fraction of sp³-hybridized carbons (Fsp3) is 0.348. The van der Waals surface area contributed by atoms with Crippen molar-refractivity contribution in [1.29, 1.82) is 0 Å². The van der Waals surface area contributed by atoms with Gasteiger partial charge in [0.2, 0.25) is 5.95 Å². The molecular formula is C23H24F2N4O3. The predicted molar refractivity (Wildman–Crippen MR) is 115 cm³/mol. The maximum absolute atomic E-state index is 14.2. The Labute approximate surface area is 183 Å². The van der Waals surface area contributed by atoms with Crippen LogP contribution in [0.1, 0.15) is 30.9 Å². The van der Waals surface area contributed by atoms with Gasteiger partial charge in [0.05, 0.1) is 18.3 Å². The molecule has 4 rings (SSSR count). The van der Waals surface area contributed by atoms with Crippen LogP contribution in [0, 0.1) is 11.6 Å². The molecule has 32 heavy (non-hydrogen) atoms. The van der Waals surface area contributed by atoms with Gasteiger partial charge in [0.1, 0.15) is 0 Å². The van der Waals surface area contributed by atoms with Gasteiger partial charge in [0.25, 0.3) is 5.56 Å². The molecular weight excluding hydrogens is 418 g/mol. The van der Waals surface area contributed by atoms with Crippen LogP contribution in [0.3, 0.4) is 0 Å². The van der Waals surface area contributed by atoms with Gasteiger partial charge in [-0.3, -0.25) is 4.79 Å². The van der Waals surface area contributed by atoms with Crippen molar-refractivity contribution in [3.05, 3.63) is 76.3 Å². The molecule has 7 nitrogen and oxygen atoms in total. The smallest absolute Gasteiger partial charge is 0.251 e. The summed E-state index contributed by atoms with van der Waals surface area (Å²) in [6, 6.07) is 7.53. The van der Waals surface area contributed by atoms with Crippen LogP contribution in [-0.2, 0) is 4.74 Å². The van der Waals surface area contributed by atoms with Gasteiger partial charge in [-0.25, -0.2) is 18.7 Å². The minimum absolute atomic E-state index is 0.0942. The third kappa shape index (κ3) is 4.84. The topological polar surface area (TPSA) is 89.3 Å². The first kappa shape index (κ1) is 22.0. The Bertz CT molecular complexity index is 1130. The van der Waals surface area contributed by atoms with Gasteiger partial charge in [0.15, 0.2) is 11.6 Å². The van der Waals surface area contributed by atoms with E-state index in [1.165, 1.54) is 29.0 Å². The summed E-state index contributed by atoms with van der Waals surface area (Å²) in [5.74, 6) is -1.65. The molecule has 2 N–H and O–H groups in total. The normalized spacial score (nSPS) is 17.5. The van der Waals surface area contributed by atoms with E-state index in [0.29, 0.717) is 23.8 Å². The number of aliphatic hydroxyl groups is 1. The summed E-state index contributed by atoms with van der Waals surface area (Å²) in [4.78, 5) is 21.6. The summed E-state index contributed by atoms with van der Waals surface area (Å²) >= 11 is 0. The number of anilines is 1. The van der Waals surface area contributed by atoms with E-state index in [1.807, 2.05) is 0 Å². The van der Waals surface area contributed by atoms with Crippen LogP contribution in [0.25, 0.3) is 11.3 Å². The first-order valence-corrected chi connectivity index (χ1v) is 10.5. The lowest BCUT2D eigenvalue weighted by Crippen LogP contribution is -2.27. The summed E-state index contributed by atoms with van der Waals surface area (Å²) in [6.45, 7) is 0.879. The number of halogens is 2. The monoisotopic (exact) mass is 442 g/mol. The summed E-state index contributed by atoms with van der Waals surface area (Å²) in [5, 5.41) is 13.1. The fourth-order valence-electron chi connectivity index (χ4n) is 3.84. The van der Waals surface area contributed by atoms with E-state index in [9.17, 15) is 18.7 Å². The van der Waals surface area contributed by atoms with Gasteiger partial charge in [-0.05, 0) is 37.5 Å². The quantitative estimate of drug-likeness (QED) is 0.610. The highest BCUT2D eigenvalue weighted by molar-refractivity contribution is 5.59. The number of ether oxygens (including phenoxy) is 1. The van der Waals surface area contributed by atoms with E-state index in [-0.39, 0.29) is 11.6 Å². The predicted octanol–water partition coefficient (Wildman–Crippen LogP) is 3.15. The van der Waals surface area contributed by atoms with E-state index in [1.54, 1.807) is 18.3 Å². The van der Waals surface area contributed by atoms with Crippen molar-refractivity contribution in [2.75, 3.05) is 25.1 Å². The number of aromatic nitrogens is 3. The van der Waals surface area contributed by atoms with E-state index in [4.69, 9.17) is 4.74 Å². The van der Waals surface area contributed by atoms with Crippen LogP contribution in [0.5, 0.6) is 0 Å². The van der Waals surface area contributed by atoms with Gasteiger partial charge in [-0.1, -0.05) is 12.1 Å².